The van der Waals surface area contributed by atoms with Crippen LogP contribution < -0.4 is 21.1 Å². The fraction of sp³-hybridized carbons (Fsp3) is 0.393. The molecule has 0 aliphatic carbocycles. The first-order valence-corrected chi connectivity index (χ1v) is 15.0. The van der Waals surface area contributed by atoms with Crippen LogP contribution in [0.5, 0.6) is 5.75 Å². The van der Waals surface area contributed by atoms with Crippen LogP contribution in [0.4, 0.5) is 5.82 Å². The van der Waals surface area contributed by atoms with Gasteiger partial charge in [-0.15, -0.1) is 0 Å². The van der Waals surface area contributed by atoms with Crippen molar-refractivity contribution in [3.05, 3.63) is 60.4 Å². The molecule has 214 valence electrons. The Morgan fingerprint density at radius 1 is 1.10 bits per heavy atom. The van der Waals surface area contributed by atoms with E-state index in [0.29, 0.717) is 35.9 Å². The third kappa shape index (κ3) is 6.79. The third-order valence-electron chi connectivity index (χ3n) is 6.50. The van der Waals surface area contributed by atoms with Crippen LogP contribution in [-0.4, -0.2) is 39.7 Å². The van der Waals surface area contributed by atoms with Crippen LogP contribution in [0.1, 0.15) is 51.9 Å². The maximum absolute atomic E-state index is 14.0. The molecule has 0 radical (unpaired) electrons. The van der Waals surface area contributed by atoms with Gasteiger partial charge < -0.3 is 25.3 Å². The van der Waals surface area contributed by atoms with Crippen LogP contribution in [0.15, 0.2) is 54.6 Å². The molecule has 4 aromatic rings. The van der Waals surface area contributed by atoms with E-state index in [2.05, 4.69) is 21.6 Å². The van der Waals surface area contributed by atoms with Gasteiger partial charge in [0.2, 0.25) is 5.91 Å². The summed E-state index contributed by atoms with van der Waals surface area (Å²) in [6.07, 6.45) is 2.49. The first-order valence-electron chi connectivity index (χ1n) is 13.4. The van der Waals surface area contributed by atoms with Crippen molar-refractivity contribution in [2.45, 2.75) is 58.7 Å². The number of nitrogens with two attached hydrogens (primary N) is 2. The maximum Gasteiger partial charge on any atom is 0.459 e. The molecule has 0 bridgehead atoms. The number of unbranched alkanes of at least 4 members (excludes halogenated alkanes) is 1. The number of nitrogens with zero attached hydrogens (tertiary/aromatic N) is 3. The fourth-order valence-electron chi connectivity index (χ4n) is 4.48. The molecule has 0 aliphatic rings. The number of pyridine rings is 1. The number of carbonyl (C=O) groups excluding carboxylic acids is 1. The Labute approximate surface area is 233 Å². The Kier molecular flexibility index (Phi) is 9.76. The van der Waals surface area contributed by atoms with Crippen molar-refractivity contribution in [2.75, 3.05) is 18.9 Å². The second-order valence-electron chi connectivity index (χ2n) is 9.49. The molecule has 12 heteroatoms. The Bertz CT molecular complexity index is 1500. The largest absolute Gasteiger partial charge is 0.459 e. The fourth-order valence-corrected chi connectivity index (χ4v) is 6.03. The highest BCUT2D eigenvalue weighted by atomic mass is 31.2. The number of amides is 1. The summed E-state index contributed by atoms with van der Waals surface area (Å²) < 4.78 is 33.7. The van der Waals surface area contributed by atoms with Gasteiger partial charge in [-0.2, -0.15) is 5.09 Å². The lowest BCUT2D eigenvalue weighted by Gasteiger charge is -2.27. The van der Waals surface area contributed by atoms with E-state index < -0.39 is 19.7 Å². The van der Waals surface area contributed by atoms with Crippen LogP contribution in [0.25, 0.3) is 21.9 Å². The number of hydrogen-bond donors (Lipinski definition) is 3. The zero-order chi connectivity index (χ0) is 28.7. The maximum atomic E-state index is 14.0. The summed E-state index contributed by atoms with van der Waals surface area (Å²) >= 11 is 0. The van der Waals surface area contributed by atoms with Gasteiger partial charge in [0.1, 0.15) is 23.7 Å². The number of carbonyl (C=O) groups is 1. The van der Waals surface area contributed by atoms with Gasteiger partial charge in [0.15, 0.2) is 5.82 Å². The number of nitrogen functional groups attached to an aromatic ring is 1. The topological polar surface area (TPSA) is 157 Å². The van der Waals surface area contributed by atoms with Gasteiger partial charge in [0.25, 0.3) is 0 Å². The highest BCUT2D eigenvalue weighted by molar-refractivity contribution is 7.52. The van der Waals surface area contributed by atoms with Crippen molar-refractivity contribution in [3.8, 4) is 5.75 Å². The lowest BCUT2D eigenvalue weighted by atomic mass is 10.1. The molecule has 5 N–H and O–H groups in total. The minimum atomic E-state index is -4.05. The number of para-hydroxylation sites is 2. The molecular formula is C28H37N6O5P. The van der Waals surface area contributed by atoms with E-state index in [1.807, 2.05) is 37.3 Å². The molecule has 0 unspecified atom stereocenters. The first-order chi connectivity index (χ1) is 19.3. The zero-order valence-corrected chi connectivity index (χ0v) is 24.0. The van der Waals surface area contributed by atoms with E-state index in [-0.39, 0.29) is 19.3 Å². The van der Waals surface area contributed by atoms with E-state index in [9.17, 15) is 9.36 Å². The average molecular weight is 569 g/mol. The normalized spacial score (nSPS) is 14.7. The van der Waals surface area contributed by atoms with Gasteiger partial charge in [-0.3, -0.25) is 9.32 Å². The highest BCUT2D eigenvalue weighted by Gasteiger charge is 2.33. The zero-order valence-electron chi connectivity index (χ0n) is 23.1. The number of hydrogen-bond acceptors (Lipinski definition) is 8. The van der Waals surface area contributed by atoms with E-state index >= 15 is 0 Å². The van der Waals surface area contributed by atoms with E-state index in [0.717, 1.165) is 29.3 Å². The molecule has 1 amide bonds. The summed E-state index contributed by atoms with van der Waals surface area (Å²) in [5.41, 5.74) is 13.9. The van der Waals surface area contributed by atoms with Crippen LogP contribution in [-0.2, 0) is 25.2 Å². The lowest BCUT2D eigenvalue weighted by molar-refractivity contribution is -0.119. The number of ether oxygens (including phenoxy) is 1. The molecule has 40 heavy (non-hydrogen) atoms. The Hall–Kier alpha value is -3.50. The van der Waals surface area contributed by atoms with Crippen molar-refractivity contribution >= 4 is 41.4 Å². The van der Waals surface area contributed by atoms with E-state index in [1.165, 1.54) is 6.92 Å². The van der Waals surface area contributed by atoms with Gasteiger partial charge in [0.05, 0.1) is 29.7 Å². The summed E-state index contributed by atoms with van der Waals surface area (Å²) in [6, 6.07) is 15.1. The van der Waals surface area contributed by atoms with Gasteiger partial charge in [0, 0.05) is 12.0 Å². The number of imidazole rings is 1. The SMILES string of the molecule is CCCC[C@H](CO[P@@](=O)(N[C@@H](C)C(N)=O)Oc1ccccc1)n1c(COCC)nc2c(N)nc3ccccc3c21. The smallest absolute Gasteiger partial charge is 0.413 e. The molecular weight excluding hydrogens is 531 g/mol. The molecule has 2 heterocycles. The predicted octanol–water partition coefficient (Wildman–Crippen LogP) is 5.10. The molecule has 0 saturated carbocycles. The Morgan fingerprint density at radius 3 is 2.52 bits per heavy atom. The number of rotatable bonds is 15. The summed E-state index contributed by atoms with van der Waals surface area (Å²) in [7, 11) is -4.05. The van der Waals surface area contributed by atoms with Crippen LogP contribution in [0.3, 0.4) is 0 Å². The second-order valence-corrected chi connectivity index (χ2v) is 11.2. The molecule has 0 fully saturated rings. The first kappa shape index (κ1) is 29.5. The summed E-state index contributed by atoms with van der Waals surface area (Å²) in [5.74, 6) is 0.617. The highest BCUT2D eigenvalue weighted by Crippen LogP contribution is 2.46. The van der Waals surface area contributed by atoms with Crippen molar-refractivity contribution in [1.29, 1.82) is 0 Å². The predicted molar refractivity (Wildman–Crippen MR) is 156 cm³/mol. The van der Waals surface area contributed by atoms with Crippen molar-refractivity contribution in [1.82, 2.24) is 19.6 Å². The monoisotopic (exact) mass is 568 g/mol. The van der Waals surface area contributed by atoms with E-state index in [1.54, 1.807) is 24.3 Å². The van der Waals surface area contributed by atoms with Crippen LogP contribution in [0.2, 0.25) is 0 Å². The van der Waals surface area contributed by atoms with Crippen molar-refractivity contribution < 1.29 is 23.1 Å². The van der Waals surface area contributed by atoms with Gasteiger partial charge in [-0.1, -0.05) is 56.2 Å². The molecule has 0 aliphatic heterocycles. The summed E-state index contributed by atoms with van der Waals surface area (Å²) in [4.78, 5) is 21.2. The van der Waals surface area contributed by atoms with Crippen LogP contribution >= 0.6 is 7.75 Å². The molecule has 2 aromatic heterocycles. The minimum absolute atomic E-state index is 0.0102. The Balaban J connectivity index is 1.79. The van der Waals surface area contributed by atoms with Crippen LogP contribution in [0, 0.1) is 0 Å². The third-order valence-corrected chi connectivity index (χ3v) is 8.15. The molecule has 2 aromatic carbocycles. The second kappa shape index (κ2) is 13.2. The number of fused-ring (bicyclic) bond motifs is 3. The number of anilines is 1. The molecule has 0 spiro atoms. The molecule has 3 atom stereocenters. The van der Waals surface area contributed by atoms with Crippen molar-refractivity contribution in [3.63, 3.8) is 0 Å². The van der Waals surface area contributed by atoms with Gasteiger partial charge in [-0.05, 0) is 38.5 Å². The standard InChI is InChI=1S/C28H37N6O5P/c1-4-6-12-20(17-38-40(36,33-19(3)28(30)35)39-21-13-8-7-9-14-21)34-24(18-37-5-2)32-25-26(34)22-15-10-11-16-23(22)31-27(25)29/h7-11,13-16,19-20H,4-6,12,17-18H2,1-3H3,(H2,29,31)(H2,30,35)(H,33,36)/t19-,20+,40-/m0/s1. The minimum Gasteiger partial charge on any atom is -0.413 e. The number of primary amides is 1. The number of nitrogens with one attached hydrogen (secondary N) is 1. The number of benzene rings is 2. The Morgan fingerprint density at radius 2 is 1.82 bits per heavy atom. The number of aromatic nitrogens is 3. The molecule has 11 nitrogen and oxygen atoms in total. The van der Waals surface area contributed by atoms with Crippen molar-refractivity contribution in [2.24, 2.45) is 5.73 Å². The summed E-state index contributed by atoms with van der Waals surface area (Å²) in [6.45, 7) is 6.26. The summed E-state index contributed by atoms with van der Waals surface area (Å²) in [5, 5.41) is 3.56. The average Bonchev–Trinajstić information content (AvgIpc) is 3.32. The molecule has 4 rings (SSSR count). The molecule has 0 saturated heterocycles. The van der Waals surface area contributed by atoms with Gasteiger partial charge >= 0.3 is 7.75 Å². The van der Waals surface area contributed by atoms with E-state index in [4.69, 9.17) is 30.2 Å². The van der Waals surface area contributed by atoms with Gasteiger partial charge in [-0.25, -0.2) is 14.5 Å². The quantitative estimate of drug-likeness (QED) is 0.166. The lowest BCUT2D eigenvalue weighted by Crippen LogP contribution is -2.38.